The van der Waals surface area contributed by atoms with E-state index in [4.69, 9.17) is 5.73 Å². The number of piperidine rings is 1. The van der Waals surface area contributed by atoms with Crippen LogP contribution in [0.15, 0.2) is 30.3 Å². The van der Waals surface area contributed by atoms with Gasteiger partial charge in [0.2, 0.25) is 11.8 Å². The topological polar surface area (TPSA) is 84.2 Å². The summed E-state index contributed by atoms with van der Waals surface area (Å²) in [4.78, 5) is 24.1. The lowest BCUT2D eigenvalue weighted by Crippen LogP contribution is -2.40. The van der Waals surface area contributed by atoms with Gasteiger partial charge < -0.3 is 16.4 Å². The zero-order valence-corrected chi connectivity index (χ0v) is 13.2. The number of amides is 2. The fourth-order valence-corrected chi connectivity index (χ4v) is 3.40. The molecule has 2 amide bonds. The minimum Gasteiger partial charge on any atom is -0.368 e. The van der Waals surface area contributed by atoms with Crippen LogP contribution in [0.2, 0.25) is 0 Å². The van der Waals surface area contributed by atoms with Crippen molar-refractivity contribution in [2.24, 2.45) is 17.1 Å². The molecule has 0 bridgehead atoms. The van der Waals surface area contributed by atoms with Crippen molar-refractivity contribution in [1.82, 2.24) is 10.6 Å². The Morgan fingerprint density at radius 3 is 2.45 bits per heavy atom. The van der Waals surface area contributed by atoms with E-state index in [-0.39, 0.29) is 29.6 Å². The van der Waals surface area contributed by atoms with Crippen LogP contribution in [0, 0.1) is 11.3 Å². The average molecular weight is 324 g/mol. The Bertz CT molecular complexity index is 544. The molecule has 1 spiro atoms. The lowest BCUT2D eigenvalue weighted by atomic mass is 9.91. The van der Waals surface area contributed by atoms with Crippen molar-refractivity contribution in [3.05, 3.63) is 35.9 Å². The monoisotopic (exact) mass is 323 g/mol. The van der Waals surface area contributed by atoms with Crippen molar-refractivity contribution >= 4 is 24.2 Å². The fraction of sp³-hybridized carbons (Fsp3) is 0.500. The van der Waals surface area contributed by atoms with Crippen LogP contribution in [0.5, 0.6) is 0 Å². The molecular weight excluding hydrogens is 302 g/mol. The summed E-state index contributed by atoms with van der Waals surface area (Å²) in [6.07, 6.45) is 3.01. The van der Waals surface area contributed by atoms with Crippen LogP contribution in [0.1, 0.15) is 30.9 Å². The number of halogens is 1. The average Bonchev–Trinajstić information content (AvgIpc) is 3.19. The summed E-state index contributed by atoms with van der Waals surface area (Å²) < 4.78 is 0. The van der Waals surface area contributed by atoms with E-state index in [1.807, 2.05) is 30.3 Å². The molecule has 1 saturated heterocycles. The molecule has 3 rings (SSSR count). The van der Waals surface area contributed by atoms with E-state index in [1.54, 1.807) is 0 Å². The van der Waals surface area contributed by atoms with Gasteiger partial charge in [0.1, 0.15) is 6.04 Å². The second-order valence-corrected chi connectivity index (χ2v) is 6.12. The lowest BCUT2D eigenvalue weighted by molar-refractivity contribution is -0.128. The van der Waals surface area contributed by atoms with Gasteiger partial charge in [0.15, 0.2) is 0 Å². The summed E-state index contributed by atoms with van der Waals surface area (Å²) in [7, 11) is 0. The molecule has 4 N–H and O–H groups in total. The summed E-state index contributed by atoms with van der Waals surface area (Å²) >= 11 is 0. The van der Waals surface area contributed by atoms with Crippen LogP contribution in [-0.4, -0.2) is 24.9 Å². The number of carbonyl (C=O) groups excluding carboxylic acids is 2. The van der Waals surface area contributed by atoms with Gasteiger partial charge in [0, 0.05) is 5.92 Å². The first-order valence-electron chi connectivity index (χ1n) is 7.48. The van der Waals surface area contributed by atoms with E-state index >= 15 is 0 Å². The number of hydrogen-bond acceptors (Lipinski definition) is 3. The van der Waals surface area contributed by atoms with E-state index in [1.165, 1.54) is 0 Å². The van der Waals surface area contributed by atoms with Crippen molar-refractivity contribution in [3.63, 3.8) is 0 Å². The molecule has 0 aromatic heterocycles. The first-order valence-corrected chi connectivity index (χ1v) is 7.48. The zero-order valence-electron chi connectivity index (χ0n) is 12.4. The number of rotatable bonds is 4. The lowest BCUT2D eigenvalue weighted by Gasteiger charge is -2.24. The number of hydrogen-bond donors (Lipinski definition) is 3. The SMILES string of the molecule is Cl.NC(=O)C(NC(=O)C1CC12CCNCC2)c1ccccc1. The predicted octanol–water partition coefficient (Wildman–Crippen LogP) is 1.14. The maximum atomic E-state index is 12.4. The molecular formula is C16H22ClN3O2. The highest BCUT2D eigenvalue weighted by Crippen LogP contribution is 2.58. The molecule has 1 aliphatic carbocycles. The van der Waals surface area contributed by atoms with E-state index in [2.05, 4.69) is 10.6 Å². The fourth-order valence-electron chi connectivity index (χ4n) is 3.40. The van der Waals surface area contributed by atoms with Gasteiger partial charge in [-0.05, 0) is 43.3 Å². The van der Waals surface area contributed by atoms with Gasteiger partial charge in [0.25, 0.3) is 0 Å². The van der Waals surface area contributed by atoms with Gasteiger partial charge in [-0.2, -0.15) is 0 Å². The Morgan fingerprint density at radius 2 is 1.86 bits per heavy atom. The van der Waals surface area contributed by atoms with Crippen molar-refractivity contribution in [2.75, 3.05) is 13.1 Å². The molecule has 1 aliphatic heterocycles. The zero-order chi connectivity index (χ0) is 14.9. The summed E-state index contributed by atoms with van der Waals surface area (Å²) in [5.74, 6) is -0.524. The molecule has 1 saturated carbocycles. The van der Waals surface area contributed by atoms with Crippen molar-refractivity contribution in [1.29, 1.82) is 0 Å². The molecule has 0 radical (unpaired) electrons. The first-order chi connectivity index (χ1) is 10.1. The standard InChI is InChI=1S/C16H21N3O2.ClH/c17-14(20)13(11-4-2-1-3-5-11)19-15(21)12-10-16(12)6-8-18-9-7-16;/h1-5,12-13,18H,6-10H2,(H2,17,20)(H,19,21);1H. The number of benzene rings is 1. The Morgan fingerprint density at radius 1 is 1.23 bits per heavy atom. The van der Waals surface area contributed by atoms with Gasteiger partial charge in [-0.3, -0.25) is 9.59 Å². The highest BCUT2D eigenvalue weighted by molar-refractivity contribution is 5.90. The minimum atomic E-state index is -0.738. The van der Waals surface area contributed by atoms with Crippen LogP contribution >= 0.6 is 12.4 Å². The summed E-state index contributed by atoms with van der Waals surface area (Å²) in [5, 5.41) is 6.15. The summed E-state index contributed by atoms with van der Waals surface area (Å²) in [6.45, 7) is 1.95. The van der Waals surface area contributed by atoms with E-state index < -0.39 is 11.9 Å². The second-order valence-electron chi connectivity index (χ2n) is 6.12. The molecule has 22 heavy (non-hydrogen) atoms. The van der Waals surface area contributed by atoms with Crippen molar-refractivity contribution < 1.29 is 9.59 Å². The van der Waals surface area contributed by atoms with Gasteiger partial charge in [0.05, 0.1) is 0 Å². The van der Waals surface area contributed by atoms with E-state index in [9.17, 15) is 9.59 Å². The molecule has 1 heterocycles. The van der Waals surface area contributed by atoms with E-state index in [0.29, 0.717) is 0 Å². The van der Waals surface area contributed by atoms with Crippen molar-refractivity contribution in [2.45, 2.75) is 25.3 Å². The van der Waals surface area contributed by atoms with E-state index in [0.717, 1.165) is 37.9 Å². The van der Waals surface area contributed by atoms with Gasteiger partial charge >= 0.3 is 0 Å². The van der Waals surface area contributed by atoms with Gasteiger partial charge in [-0.1, -0.05) is 30.3 Å². The number of nitrogens with one attached hydrogen (secondary N) is 2. The van der Waals surface area contributed by atoms with Crippen LogP contribution in [0.4, 0.5) is 0 Å². The molecule has 6 heteroatoms. The predicted molar refractivity (Wildman–Crippen MR) is 86.4 cm³/mol. The summed E-state index contributed by atoms with van der Waals surface area (Å²) in [6, 6.07) is 8.42. The van der Waals surface area contributed by atoms with Crippen LogP contribution < -0.4 is 16.4 Å². The molecule has 2 atom stereocenters. The van der Waals surface area contributed by atoms with Gasteiger partial charge in [-0.25, -0.2) is 0 Å². The highest BCUT2D eigenvalue weighted by atomic mass is 35.5. The van der Waals surface area contributed by atoms with Crippen LogP contribution in [0.25, 0.3) is 0 Å². The molecule has 1 aromatic carbocycles. The molecule has 2 fully saturated rings. The van der Waals surface area contributed by atoms with Crippen LogP contribution in [-0.2, 0) is 9.59 Å². The maximum Gasteiger partial charge on any atom is 0.244 e. The number of carbonyl (C=O) groups is 2. The minimum absolute atomic E-state index is 0. The number of primary amides is 1. The third-order valence-electron chi connectivity index (χ3n) is 4.81. The third kappa shape index (κ3) is 3.25. The number of nitrogens with two attached hydrogens (primary N) is 1. The maximum absolute atomic E-state index is 12.4. The second kappa shape index (κ2) is 6.67. The Balaban J connectivity index is 0.00000176. The quantitative estimate of drug-likeness (QED) is 0.777. The summed E-state index contributed by atoms with van der Waals surface area (Å²) in [5.41, 5.74) is 6.34. The highest BCUT2D eigenvalue weighted by Gasteiger charge is 2.57. The molecule has 2 unspecified atom stereocenters. The Kier molecular flexibility index (Phi) is 5.08. The van der Waals surface area contributed by atoms with Crippen LogP contribution in [0.3, 0.4) is 0 Å². The Hall–Kier alpha value is -1.59. The molecule has 1 aromatic rings. The Labute approximate surface area is 136 Å². The van der Waals surface area contributed by atoms with Crippen molar-refractivity contribution in [3.8, 4) is 0 Å². The molecule has 2 aliphatic rings. The first kappa shape index (κ1) is 16.8. The third-order valence-corrected chi connectivity index (χ3v) is 4.81. The normalized spacial score (nSPS) is 23.2. The smallest absolute Gasteiger partial charge is 0.244 e. The molecule has 120 valence electrons. The largest absolute Gasteiger partial charge is 0.368 e. The van der Waals surface area contributed by atoms with Gasteiger partial charge in [-0.15, -0.1) is 12.4 Å². The molecule has 5 nitrogen and oxygen atoms in total.